The van der Waals surface area contributed by atoms with Gasteiger partial charge in [0, 0.05) is 31.9 Å². The van der Waals surface area contributed by atoms with Gasteiger partial charge in [-0.25, -0.2) is 4.79 Å². The highest BCUT2D eigenvalue weighted by atomic mass is 16.2. The Balaban J connectivity index is 1.57. The number of benzene rings is 1. The first-order valence-corrected chi connectivity index (χ1v) is 8.64. The lowest BCUT2D eigenvalue weighted by Crippen LogP contribution is -2.48. The lowest BCUT2D eigenvalue weighted by atomic mass is 9.95. The Kier molecular flexibility index (Phi) is 5.16. The predicted molar refractivity (Wildman–Crippen MR) is 90.2 cm³/mol. The molecular formula is C18H25N3O2. The highest BCUT2D eigenvalue weighted by molar-refractivity contribution is 5.90. The van der Waals surface area contributed by atoms with Crippen LogP contribution >= 0.6 is 0 Å². The first-order chi connectivity index (χ1) is 11.2. The number of nitrogens with zero attached hydrogens (tertiary/aromatic N) is 2. The van der Waals surface area contributed by atoms with Gasteiger partial charge in [-0.05, 0) is 44.2 Å². The van der Waals surface area contributed by atoms with Gasteiger partial charge in [-0.1, -0.05) is 18.2 Å². The molecule has 0 aromatic heterocycles. The van der Waals surface area contributed by atoms with Crippen LogP contribution < -0.4 is 5.32 Å². The van der Waals surface area contributed by atoms with E-state index in [9.17, 15) is 9.59 Å². The smallest absolute Gasteiger partial charge is 0.321 e. The molecule has 3 rings (SSSR count). The number of hydrogen-bond donors (Lipinski definition) is 1. The van der Waals surface area contributed by atoms with Crippen LogP contribution in [0.1, 0.15) is 32.1 Å². The van der Waals surface area contributed by atoms with Crippen LogP contribution in [-0.2, 0) is 4.79 Å². The van der Waals surface area contributed by atoms with Crippen LogP contribution in [0.25, 0.3) is 0 Å². The van der Waals surface area contributed by atoms with E-state index in [-0.39, 0.29) is 17.9 Å². The maximum atomic E-state index is 12.6. The molecule has 1 aromatic rings. The number of hydrogen-bond acceptors (Lipinski definition) is 2. The molecule has 0 aliphatic carbocycles. The molecule has 2 saturated heterocycles. The van der Waals surface area contributed by atoms with E-state index >= 15 is 0 Å². The lowest BCUT2D eigenvalue weighted by Gasteiger charge is -2.36. The molecule has 3 amide bonds. The molecule has 2 fully saturated rings. The molecule has 1 atom stereocenters. The van der Waals surface area contributed by atoms with Crippen LogP contribution in [0.5, 0.6) is 0 Å². The van der Waals surface area contributed by atoms with Crippen molar-refractivity contribution in [3.8, 4) is 0 Å². The minimum atomic E-state index is -0.104. The summed E-state index contributed by atoms with van der Waals surface area (Å²) in [7, 11) is 0. The fourth-order valence-corrected chi connectivity index (χ4v) is 3.46. The molecule has 0 radical (unpaired) electrons. The fourth-order valence-electron chi connectivity index (χ4n) is 3.46. The van der Waals surface area contributed by atoms with Gasteiger partial charge in [-0.3, -0.25) is 4.79 Å². The van der Waals surface area contributed by atoms with Gasteiger partial charge in [0.05, 0.1) is 5.92 Å². The monoisotopic (exact) mass is 315 g/mol. The van der Waals surface area contributed by atoms with E-state index in [0.29, 0.717) is 6.54 Å². The summed E-state index contributed by atoms with van der Waals surface area (Å²) in [6.07, 6.45) is 5.23. The molecule has 0 bridgehead atoms. The zero-order valence-electron chi connectivity index (χ0n) is 13.5. The Hall–Kier alpha value is -2.04. The number of nitrogens with one attached hydrogen (secondary N) is 1. The van der Waals surface area contributed by atoms with Crippen molar-refractivity contribution in [2.24, 2.45) is 5.92 Å². The summed E-state index contributed by atoms with van der Waals surface area (Å²) in [5, 5.41) is 2.91. The summed E-state index contributed by atoms with van der Waals surface area (Å²) in [5.41, 5.74) is 0.794. The van der Waals surface area contributed by atoms with E-state index < -0.39 is 0 Å². The van der Waals surface area contributed by atoms with Gasteiger partial charge in [-0.2, -0.15) is 0 Å². The zero-order valence-corrected chi connectivity index (χ0v) is 13.5. The molecule has 0 saturated carbocycles. The van der Waals surface area contributed by atoms with E-state index in [4.69, 9.17) is 0 Å². The van der Waals surface area contributed by atoms with E-state index in [1.54, 1.807) is 4.90 Å². The minimum Gasteiger partial charge on any atom is -0.342 e. The largest absolute Gasteiger partial charge is 0.342 e. The number of piperidine rings is 2. The second-order valence-corrected chi connectivity index (χ2v) is 6.47. The summed E-state index contributed by atoms with van der Waals surface area (Å²) in [6, 6.07) is 9.36. The van der Waals surface area contributed by atoms with Crippen molar-refractivity contribution < 1.29 is 9.59 Å². The Morgan fingerprint density at radius 1 is 0.913 bits per heavy atom. The molecule has 2 aliphatic rings. The topological polar surface area (TPSA) is 52.7 Å². The Morgan fingerprint density at radius 2 is 1.61 bits per heavy atom. The normalized spacial score (nSPS) is 21.8. The average Bonchev–Trinajstić information content (AvgIpc) is 2.63. The third-order valence-corrected chi connectivity index (χ3v) is 4.75. The summed E-state index contributed by atoms with van der Waals surface area (Å²) in [6.45, 7) is 3.02. The van der Waals surface area contributed by atoms with Crippen LogP contribution in [0, 0.1) is 5.92 Å². The Morgan fingerprint density at radius 3 is 2.35 bits per heavy atom. The summed E-state index contributed by atoms with van der Waals surface area (Å²) in [4.78, 5) is 28.8. The highest BCUT2D eigenvalue weighted by Gasteiger charge is 2.31. The molecule has 124 valence electrons. The van der Waals surface area contributed by atoms with Crippen molar-refractivity contribution in [2.45, 2.75) is 32.1 Å². The number of para-hydroxylation sites is 1. The number of anilines is 1. The maximum absolute atomic E-state index is 12.6. The molecule has 2 heterocycles. The quantitative estimate of drug-likeness (QED) is 0.912. The second kappa shape index (κ2) is 7.49. The second-order valence-electron chi connectivity index (χ2n) is 6.47. The van der Waals surface area contributed by atoms with Gasteiger partial charge in [0.2, 0.25) is 5.91 Å². The number of carbonyl (C=O) groups excluding carboxylic acids is 2. The van der Waals surface area contributed by atoms with Crippen LogP contribution in [-0.4, -0.2) is 47.9 Å². The van der Waals surface area contributed by atoms with Gasteiger partial charge in [0.25, 0.3) is 0 Å². The molecule has 5 nitrogen and oxygen atoms in total. The van der Waals surface area contributed by atoms with Crippen molar-refractivity contribution in [3.63, 3.8) is 0 Å². The van der Waals surface area contributed by atoms with Gasteiger partial charge in [-0.15, -0.1) is 0 Å². The van der Waals surface area contributed by atoms with Gasteiger partial charge in [0.1, 0.15) is 0 Å². The standard InChI is InChI=1S/C18H25N3O2/c22-17(20-11-5-2-6-12-20)15-8-7-13-21(14-15)18(23)19-16-9-3-1-4-10-16/h1,3-4,9-10,15H,2,5-8,11-14H2,(H,19,23). The van der Waals surface area contributed by atoms with Crippen molar-refractivity contribution in [1.29, 1.82) is 0 Å². The minimum absolute atomic E-state index is 0.0385. The first kappa shape index (κ1) is 15.8. The molecule has 1 aromatic carbocycles. The zero-order chi connectivity index (χ0) is 16.1. The van der Waals surface area contributed by atoms with Crippen molar-refractivity contribution >= 4 is 17.6 Å². The lowest BCUT2D eigenvalue weighted by molar-refractivity contribution is -0.137. The third kappa shape index (κ3) is 4.03. The molecule has 5 heteroatoms. The molecule has 1 unspecified atom stereocenters. The highest BCUT2D eigenvalue weighted by Crippen LogP contribution is 2.22. The van der Waals surface area contributed by atoms with E-state index in [0.717, 1.165) is 51.0 Å². The summed E-state index contributed by atoms with van der Waals surface area (Å²) < 4.78 is 0. The van der Waals surface area contributed by atoms with Crippen LogP contribution in [0.15, 0.2) is 30.3 Å². The molecule has 23 heavy (non-hydrogen) atoms. The number of amides is 3. The van der Waals surface area contributed by atoms with Gasteiger partial charge >= 0.3 is 6.03 Å². The summed E-state index contributed by atoms with van der Waals surface area (Å²) in [5.74, 6) is 0.199. The fraction of sp³-hybridized carbons (Fsp3) is 0.556. The van der Waals surface area contributed by atoms with E-state index in [2.05, 4.69) is 5.32 Å². The van der Waals surface area contributed by atoms with Crippen LogP contribution in [0.3, 0.4) is 0 Å². The van der Waals surface area contributed by atoms with Gasteiger partial charge in [0.15, 0.2) is 0 Å². The Labute approximate surface area is 137 Å². The third-order valence-electron chi connectivity index (χ3n) is 4.75. The van der Waals surface area contributed by atoms with Gasteiger partial charge < -0.3 is 15.1 Å². The van der Waals surface area contributed by atoms with Crippen molar-refractivity contribution in [1.82, 2.24) is 9.80 Å². The van der Waals surface area contributed by atoms with E-state index in [1.165, 1.54) is 6.42 Å². The van der Waals surface area contributed by atoms with Crippen molar-refractivity contribution in [2.75, 3.05) is 31.5 Å². The first-order valence-electron chi connectivity index (χ1n) is 8.64. The number of urea groups is 1. The number of likely N-dealkylation sites (tertiary alicyclic amines) is 2. The van der Waals surface area contributed by atoms with Crippen LogP contribution in [0.4, 0.5) is 10.5 Å². The molecular weight excluding hydrogens is 290 g/mol. The molecule has 2 aliphatic heterocycles. The molecule has 0 spiro atoms. The van der Waals surface area contributed by atoms with E-state index in [1.807, 2.05) is 35.2 Å². The number of carbonyl (C=O) groups is 2. The summed E-state index contributed by atoms with van der Waals surface area (Å²) >= 11 is 0. The SMILES string of the molecule is O=C(Nc1ccccc1)N1CCCC(C(=O)N2CCCCC2)C1. The maximum Gasteiger partial charge on any atom is 0.321 e. The molecule has 1 N–H and O–H groups in total. The van der Waals surface area contributed by atoms with Crippen molar-refractivity contribution in [3.05, 3.63) is 30.3 Å². The average molecular weight is 315 g/mol. The van der Waals surface area contributed by atoms with Crippen LogP contribution in [0.2, 0.25) is 0 Å². The predicted octanol–water partition coefficient (Wildman–Crippen LogP) is 2.94. The number of rotatable bonds is 2. The Bertz CT molecular complexity index is 540.